The Balaban J connectivity index is 1.29. The average Bonchev–Trinajstić information content (AvgIpc) is 2.79. The Kier molecular flexibility index (Phi) is 7.05. The predicted molar refractivity (Wildman–Crippen MR) is 137 cm³/mol. The highest BCUT2D eigenvalue weighted by atomic mass is 32.1. The third kappa shape index (κ3) is 5.46. The molecule has 2 aromatic carbocycles. The summed E-state index contributed by atoms with van der Waals surface area (Å²) in [6, 6.07) is 17.3. The summed E-state index contributed by atoms with van der Waals surface area (Å²) in [4.78, 5) is 11.6. The van der Waals surface area contributed by atoms with Crippen molar-refractivity contribution in [2.45, 2.75) is 51.2 Å². The Morgan fingerprint density at radius 3 is 2.41 bits per heavy atom. The van der Waals surface area contributed by atoms with Crippen LogP contribution in [0.3, 0.4) is 0 Å². The lowest BCUT2D eigenvalue weighted by Gasteiger charge is -2.30. The van der Waals surface area contributed by atoms with E-state index >= 15 is 0 Å². The summed E-state index contributed by atoms with van der Waals surface area (Å²) >= 11 is 5.53. The third-order valence-electron chi connectivity index (χ3n) is 6.10. The predicted octanol–water partition coefficient (Wildman–Crippen LogP) is 4.39. The maximum absolute atomic E-state index is 5.53. The van der Waals surface area contributed by atoms with Crippen molar-refractivity contribution in [3.8, 4) is 0 Å². The van der Waals surface area contributed by atoms with Crippen LogP contribution in [0.4, 0.5) is 11.8 Å². The number of nitrogens with one attached hydrogen (secondary N) is 3. The molecule has 0 aliphatic heterocycles. The van der Waals surface area contributed by atoms with Crippen molar-refractivity contribution < 1.29 is 0 Å². The van der Waals surface area contributed by atoms with Crippen molar-refractivity contribution in [1.29, 1.82) is 0 Å². The monoisotopic (exact) mass is 448 g/mol. The van der Waals surface area contributed by atoms with Crippen molar-refractivity contribution in [1.82, 2.24) is 20.6 Å². The second-order valence-electron chi connectivity index (χ2n) is 8.73. The summed E-state index contributed by atoms with van der Waals surface area (Å²) in [5, 5.41) is 12.2. The second-order valence-corrected chi connectivity index (χ2v) is 9.14. The number of benzene rings is 2. The Bertz CT molecular complexity index is 1070. The number of anilines is 2. The molecule has 168 valence electrons. The molecule has 1 aromatic heterocycles. The number of aryl methyl sites for hydroxylation is 1. The Labute approximate surface area is 195 Å². The molecule has 0 saturated heterocycles. The minimum atomic E-state index is 0.373. The van der Waals surface area contributed by atoms with Crippen molar-refractivity contribution in [3.05, 3.63) is 59.7 Å². The molecule has 0 radical (unpaired) electrons. The highest BCUT2D eigenvalue weighted by molar-refractivity contribution is 7.80. The van der Waals surface area contributed by atoms with Gasteiger partial charge in [0, 0.05) is 38.1 Å². The van der Waals surface area contributed by atoms with Gasteiger partial charge in [-0.1, -0.05) is 36.4 Å². The van der Waals surface area contributed by atoms with Gasteiger partial charge in [-0.05, 0) is 68.1 Å². The van der Waals surface area contributed by atoms with Crippen LogP contribution in [0.15, 0.2) is 48.5 Å². The minimum absolute atomic E-state index is 0.373. The van der Waals surface area contributed by atoms with Crippen LogP contribution in [0.25, 0.3) is 10.9 Å². The van der Waals surface area contributed by atoms with E-state index in [9.17, 15) is 0 Å². The van der Waals surface area contributed by atoms with E-state index < -0.39 is 0 Å². The number of aromatic nitrogens is 2. The molecule has 3 aromatic rings. The van der Waals surface area contributed by atoms with Crippen LogP contribution < -0.4 is 20.9 Å². The van der Waals surface area contributed by atoms with Crippen molar-refractivity contribution >= 4 is 40.0 Å². The zero-order chi connectivity index (χ0) is 22.5. The number of hydrogen-bond acceptors (Lipinski definition) is 5. The lowest BCUT2D eigenvalue weighted by molar-refractivity contribution is 0.385. The summed E-state index contributed by atoms with van der Waals surface area (Å²) in [7, 11) is 4.04. The number of hydrogen-bond donors (Lipinski definition) is 3. The molecule has 0 amide bonds. The second kappa shape index (κ2) is 10.1. The minimum Gasteiger partial charge on any atom is -0.362 e. The molecule has 3 N–H and O–H groups in total. The van der Waals surface area contributed by atoms with Crippen molar-refractivity contribution in [2.75, 3.05) is 24.3 Å². The topological polar surface area (TPSA) is 65.1 Å². The maximum Gasteiger partial charge on any atom is 0.225 e. The number of rotatable bonds is 6. The molecule has 7 heteroatoms. The first-order valence-corrected chi connectivity index (χ1v) is 11.7. The summed E-state index contributed by atoms with van der Waals surface area (Å²) in [6.45, 7) is 2.88. The van der Waals surface area contributed by atoms with Crippen LogP contribution in [0.1, 0.15) is 36.8 Å². The fourth-order valence-electron chi connectivity index (χ4n) is 4.25. The molecule has 4 rings (SSSR count). The lowest BCUT2D eigenvalue weighted by Crippen LogP contribution is -2.44. The van der Waals surface area contributed by atoms with Gasteiger partial charge in [0.15, 0.2) is 5.11 Å². The fraction of sp³-hybridized carbons (Fsp3) is 0.400. The van der Waals surface area contributed by atoms with Gasteiger partial charge in [-0.25, -0.2) is 4.98 Å². The first-order chi connectivity index (χ1) is 15.5. The van der Waals surface area contributed by atoms with Gasteiger partial charge in [0.1, 0.15) is 5.82 Å². The molecule has 6 nitrogen and oxygen atoms in total. The molecule has 0 bridgehead atoms. The molecule has 0 atom stereocenters. The molecular weight excluding hydrogens is 416 g/mol. The molecule has 1 heterocycles. The van der Waals surface area contributed by atoms with E-state index in [-0.39, 0.29) is 0 Å². The first-order valence-electron chi connectivity index (χ1n) is 11.3. The zero-order valence-electron chi connectivity index (χ0n) is 19.1. The molecule has 1 aliphatic carbocycles. The molecule has 0 spiro atoms. The SMILES string of the molecule is Cc1ccccc1CNC(=S)NC1CCC(Nc2nc(N(C)C)c3ccccc3n2)CC1. The molecule has 1 fully saturated rings. The van der Waals surface area contributed by atoms with Crippen LogP contribution in [0.5, 0.6) is 0 Å². The lowest BCUT2D eigenvalue weighted by atomic mass is 9.91. The Morgan fingerprint density at radius 2 is 1.66 bits per heavy atom. The highest BCUT2D eigenvalue weighted by Gasteiger charge is 2.22. The van der Waals surface area contributed by atoms with Gasteiger partial charge in [-0.2, -0.15) is 4.98 Å². The molecule has 1 aliphatic rings. The smallest absolute Gasteiger partial charge is 0.225 e. The van der Waals surface area contributed by atoms with Crippen molar-refractivity contribution in [3.63, 3.8) is 0 Å². The van der Waals surface area contributed by atoms with E-state index in [1.807, 2.05) is 37.2 Å². The van der Waals surface area contributed by atoms with Crippen LogP contribution in [-0.4, -0.2) is 41.3 Å². The van der Waals surface area contributed by atoms with Gasteiger partial charge < -0.3 is 20.9 Å². The largest absolute Gasteiger partial charge is 0.362 e. The Morgan fingerprint density at radius 1 is 0.969 bits per heavy atom. The maximum atomic E-state index is 5.53. The standard InChI is InChI=1S/C25H32N6S/c1-17-8-4-5-9-18(17)16-26-25(32)28-20-14-12-19(13-15-20)27-24-29-22-11-7-6-10-21(22)23(30-24)31(2)3/h4-11,19-20H,12-16H2,1-3H3,(H2,26,28,32)(H,27,29,30). The van der Waals surface area contributed by atoms with Crippen LogP contribution in [-0.2, 0) is 6.54 Å². The third-order valence-corrected chi connectivity index (χ3v) is 6.37. The number of fused-ring (bicyclic) bond motifs is 1. The average molecular weight is 449 g/mol. The van der Waals surface area contributed by atoms with E-state index in [0.717, 1.165) is 54.1 Å². The van der Waals surface area contributed by atoms with Crippen LogP contribution >= 0.6 is 12.2 Å². The van der Waals surface area contributed by atoms with Gasteiger partial charge in [0.25, 0.3) is 0 Å². The van der Waals surface area contributed by atoms with E-state index in [0.29, 0.717) is 18.0 Å². The number of nitrogens with zero attached hydrogens (tertiary/aromatic N) is 3. The van der Waals surface area contributed by atoms with E-state index in [4.69, 9.17) is 22.2 Å². The molecule has 32 heavy (non-hydrogen) atoms. The first kappa shape index (κ1) is 22.3. The summed E-state index contributed by atoms with van der Waals surface area (Å²) < 4.78 is 0. The number of thiocarbonyl (C=S) groups is 1. The van der Waals surface area contributed by atoms with Gasteiger partial charge in [-0.15, -0.1) is 0 Å². The quantitative estimate of drug-likeness (QED) is 0.483. The van der Waals surface area contributed by atoms with Gasteiger partial charge in [-0.3, -0.25) is 0 Å². The zero-order valence-corrected chi connectivity index (χ0v) is 19.9. The summed E-state index contributed by atoms with van der Waals surface area (Å²) in [5.41, 5.74) is 3.52. The van der Waals surface area contributed by atoms with E-state index in [1.165, 1.54) is 11.1 Å². The molecule has 0 unspecified atom stereocenters. The van der Waals surface area contributed by atoms with Crippen LogP contribution in [0.2, 0.25) is 0 Å². The highest BCUT2D eigenvalue weighted by Crippen LogP contribution is 2.26. The normalized spacial score (nSPS) is 18.2. The van der Waals surface area contributed by atoms with Crippen LogP contribution in [0, 0.1) is 6.92 Å². The van der Waals surface area contributed by atoms with Crippen molar-refractivity contribution in [2.24, 2.45) is 0 Å². The summed E-state index contributed by atoms with van der Waals surface area (Å²) in [5.74, 6) is 1.65. The van der Waals surface area contributed by atoms with E-state index in [1.54, 1.807) is 0 Å². The van der Waals surface area contributed by atoms with Gasteiger partial charge in [0.05, 0.1) is 5.52 Å². The van der Waals surface area contributed by atoms with Gasteiger partial charge in [0.2, 0.25) is 5.95 Å². The fourth-order valence-corrected chi connectivity index (χ4v) is 4.49. The molecular formula is C25H32N6S. The number of para-hydroxylation sites is 1. The Hall–Kier alpha value is -2.93. The molecule has 1 saturated carbocycles. The van der Waals surface area contributed by atoms with Gasteiger partial charge >= 0.3 is 0 Å². The van der Waals surface area contributed by atoms with E-state index in [2.05, 4.69) is 53.2 Å². The summed E-state index contributed by atoms with van der Waals surface area (Å²) in [6.07, 6.45) is 4.26.